The lowest BCUT2D eigenvalue weighted by molar-refractivity contribution is -0.272. The molecule has 2 rings (SSSR count). The summed E-state index contributed by atoms with van der Waals surface area (Å²) in [5, 5.41) is 0. The molecule has 1 aromatic carbocycles. The predicted molar refractivity (Wildman–Crippen MR) is 105 cm³/mol. The standard InChI is InChI=1S/C21H31NO6/c1-5-19(17-9-11-18(24-3)12-10-17)22-28-13-7-6-8-16-14-26-21(2,27-15-16)20(23)25-4/h5,9-12,16,22H,6-8,13-15H2,1-4H3. The fourth-order valence-corrected chi connectivity index (χ4v) is 2.90. The van der Waals surface area contributed by atoms with E-state index in [2.05, 4.69) is 5.48 Å². The number of ether oxygens (including phenoxy) is 4. The summed E-state index contributed by atoms with van der Waals surface area (Å²) >= 11 is 0. The number of hydrogen-bond donors (Lipinski definition) is 1. The molecule has 1 aliphatic heterocycles. The minimum atomic E-state index is -1.28. The van der Waals surface area contributed by atoms with Gasteiger partial charge >= 0.3 is 5.97 Å². The van der Waals surface area contributed by atoms with Crippen molar-refractivity contribution in [2.24, 2.45) is 5.92 Å². The third kappa shape index (κ3) is 6.22. The van der Waals surface area contributed by atoms with Gasteiger partial charge in [0.1, 0.15) is 5.75 Å². The number of benzene rings is 1. The molecule has 1 saturated heterocycles. The highest BCUT2D eigenvalue weighted by molar-refractivity contribution is 5.77. The number of unbranched alkanes of at least 4 members (excludes halogenated alkanes) is 1. The van der Waals surface area contributed by atoms with Crippen LogP contribution in [0.5, 0.6) is 5.75 Å². The number of hydroxylamine groups is 1. The van der Waals surface area contributed by atoms with E-state index in [9.17, 15) is 4.79 Å². The fraction of sp³-hybridized carbons (Fsp3) is 0.571. The molecule has 0 atom stereocenters. The minimum absolute atomic E-state index is 0.274. The molecule has 1 N–H and O–H groups in total. The Morgan fingerprint density at radius 3 is 2.46 bits per heavy atom. The van der Waals surface area contributed by atoms with Gasteiger partial charge in [0.25, 0.3) is 5.79 Å². The molecule has 0 unspecified atom stereocenters. The van der Waals surface area contributed by atoms with Gasteiger partial charge < -0.3 is 18.9 Å². The first-order chi connectivity index (χ1) is 13.5. The largest absolute Gasteiger partial charge is 0.497 e. The van der Waals surface area contributed by atoms with E-state index in [1.54, 1.807) is 14.0 Å². The number of carbonyl (C=O) groups excluding carboxylic acids is 1. The second-order valence-corrected chi connectivity index (χ2v) is 6.80. The molecule has 0 aromatic heterocycles. The van der Waals surface area contributed by atoms with Crippen molar-refractivity contribution in [1.29, 1.82) is 0 Å². The van der Waals surface area contributed by atoms with Crippen LogP contribution in [0.3, 0.4) is 0 Å². The van der Waals surface area contributed by atoms with E-state index in [1.807, 2.05) is 37.3 Å². The normalized spacial score (nSPS) is 22.6. The van der Waals surface area contributed by atoms with Crippen LogP contribution in [-0.4, -0.2) is 45.8 Å². The number of allylic oxidation sites excluding steroid dienone is 1. The lowest BCUT2D eigenvalue weighted by atomic mass is 10.0. The van der Waals surface area contributed by atoms with Crippen LogP contribution in [0, 0.1) is 5.92 Å². The van der Waals surface area contributed by atoms with Crippen LogP contribution >= 0.6 is 0 Å². The maximum atomic E-state index is 11.6. The Bertz CT molecular complexity index is 635. The highest BCUT2D eigenvalue weighted by atomic mass is 16.7. The first-order valence-electron chi connectivity index (χ1n) is 9.57. The van der Waals surface area contributed by atoms with Crippen molar-refractivity contribution in [2.75, 3.05) is 34.0 Å². The molecule has 156 valence electrons. The molecule has 0 amide bonds. The van der Waals surface area contributed by atoms with Crippen molar-refractivity contribution in [2.45, 2.75) is 38.9 Å². The molecule has 1 aromatic rings. The lowest BCUT2D eigenvalue weighted by Gasteiger charge is -2.35. The summed E-state index contributed by atoms with van der Waals surface area (Å²) in [6.45, 7) is 5.13. The first-order valence-corrected chi connectivity index (χ1v) is 9.57. The average Bonchev–Trinajstić information content (AvgIpc) is 2.74. The van der Waals surface area contributed by atoms with Gasteiger partial charge in [0.15, 0.2) is 0 Å². The van der Waals surface area contributed by atoms with E-state index < -0.39 is 11.8 Å². The number of rotatable bonds is 10. The molecule has 7 nitrogen and oxygen atoms in total. The molecule has 0 bridgehead atoms. The molecule has 0 saturated carbocycles. The zero-order valence-corrected chi connectivity index (χ0v) is 17.2. The third-order valence-corrected chi connectivity index (χ3v) is 4.73. The Hall–Kier alpha value is -2.09. The Kier molecular flexibility index (Phi) is 8.76. The lowest BCUT2D eigenvalue weighted by Crippen LogP contribution is -2.48. The molecule has 1 fully saturated rings. The summed E-state index contributed by atoms with van der Waals surface area (Å²) in [4.78, 5) is 17.2. The number of hydrogen-bond acceptors (Lipinski definition) is 7. The van der Waals surface area contributed by atoms with Gasteiger partial charge in [0.05, 0.1) is 39.7 Å². The second-order valence-electron chi connectivity index (χ2n) is 6.80. The zero-order chi connectivity index (χ0) is 20.4. The van der Waals surface area contributed by atoms with Crippen LogP contribution in [0.2, 0.25) is 0 Å². The van der Waals surface area contributed by atoms with E-state index in [1.165, 1.54) is 7.11 Å². The molecule has 1 aliphatic rings. The number of carbonyl (C=O) groups is 1. The quantitative estimate of drug-likeness (QED) is 0.371. The summed E-state index contributed by atoms with van der Waals surface area (Å²) in [6.07, 6.45) is 4.82. The molecule has 1 heterocycles. The number of methoxy groups -OCH3 is 2. The van der Waals surface area contributed by atoms with Gasteiger partial charge in [-0.3, -0.25) is 10.3 Å². The minimum Gasteiger partial charge on any atom is -0.497 e. The Balaban J connectivity index is 1.61. The van der Waals surface area contributed by atoms with Crippen molar-refractivity contribution in [1.82, 2.24) is 5.48 Å². The molecule has 28 heavy (non-hydrogen) atoms. The highest BCUT2D eigenvalue weighted by Gasteiger charge is 2.41. The third-order valence-electron chi connectivity index (χ3n) is 4.73. The maximum Gasteiger partial charge on any atom is 0.366 e. The Labute approximate surface area is 166 Å². The van der Waals surface area contributed by atoms with Crippen molar-refractivity contribution in [3.05, 3.63) is 35.9 Å². The van der Waals surface area contributed by atoms with Crippen LogP contribution in [0.1, 0.15) is 38.7 Å². The van der Waals surface area contributed by atoms with Gasteiger partial charge in [0.2, 0.25) is 0 Å². The topological polar surface area (TPSA) is 75.3 Å². The highest BCUT2D eigenvalue weighted by Crippen LogP contribution is 2.25. The summed E-state index contributed by atoms with van der Waals surface area (Å²) < 4.78 is 21.0. The van der Waals surface area contributed by atoms with Gasteiger partial charge in [0, 0.05) is 12.8 Å². The Morgan fingerprint density at radius 2 is 1.89 bits per heavy atom. The van der Waals surface area contributed by atoms with Gasteiger partial charge in [-0.15, -0.1) is 0 Å². The molecule has 0 spiro atoms. The van der Waals surface area contributed by atoms with Crippen LogP contribution in [0.15, 0.2) is 30.3 Å². The molecular weight excluding hydrogens is 362 g/mol. The average molecular weight is 393 g/mol. The van der Waals surface area contributed by atoms with E-state index in [0.29, 0.717) is 19.8 Å². The zero-order valence-electron chi connectivity index (χ0n) is 17.2. The van der Waals surface area contributed by atoms with Crippen LogP contribution < -0.4 is 10.2 Å². The summed E-state index contributed by atoms with van der Waals surface area (Å²) in [5.74, 6) is -0.677. The smallest absolute Gasteiger partial charge is 0.366 e. The van der Waals surface area contributed by atoms with Gasteiger partial charge in [-0.25, -0.2) is 4.79 Å². The molecular formula is C21H31NO6. The van der Waals surface area contributed by atoms with Gasteiger partial charge in [-0.1, -0.05) is 12.5 Å². The van der Waals surface area contributed by atoms with Crippen LogP contribution in [-0.2, 0) is 23.8 Å². The van der Waals surface area contributed by atoms with Gasteiger partial charge in [-0.2, -0.15) is 0 Å². The fourth-order valence-electron chi connectivity index (χ4n) is 2.90. The van der Waals surface area contributed by atoms with E-state index in [4.69, 9.17) is 23.8 Å². The van der Waals surface area contributed by atoms with Crippen molar-refractivity contribution >= 4 is 11.7 Å². The maximum absolute atomic E-state index is 11.6. The SMILES string of the molecule is CC=C(NOCCCCC1COC(C)(C(=O)OC)OC1)c1ccc(OC)cc1. The molecule has 0 radical (unpaired) electrons. The monoisotopic (exact) mass is 393 g/mol. The predicted octanol–water partition coefficient (Wildman–Crippen LogP) is 3.30. The second kappa shape index (κ2) is 11.0. The first kappa shape index (κ1) is 22.2. The molecule has 0 aliphatic carbocycles. The van der Waals surface area contributed by atoms with Crippen molar-refractivity contribution in [3.8, 4) is 5.75 Å². The number of nitrogens with one attached hydrogen (secondary N) is 1. The molecule has 7 heteroatoms. The summed E-state index contributed by atoms with van der Waals surface area (Å²) in [6, 6.07) is 7.80. The van der Waals surface area contributed by atoms with Gasteiger partial charge in [-0.05, 0) is 49.6 Å². The summed E-state index contributed by atoms with van der Waals surface area (Å²) in [7, 11) is 2.98. The van der Waals surface area contributed by atoms with E-state index in [-0.39, 0.29) is 5.92 Å². The van der Waals surface area contributed by atoms with Crippen LogP contribution in [0.4, 0.5) is 0 Å². The van der Waals surface area contributed by atoms with Crippen molar-refractivity contribution in [3.63, 3.8) is 0 Å². The van der Waals surface area contributed by atoms with Crippen LogP contribution in [0.25, 0.3) is 5.70 Å². The van der Waals surface area contributed by atoms with E-state index in [0.717, 1.165) is 36.3 Å². The summed E-state index contributed by atoms with van der Waals surface area (Å²) in [5.41, 5.74) is 4.96. The number of esters is 1. The Morgan fingerprint density at radius 1 is 1.21 bits per heavy atom. The van der Waals surface area contributed by atoms with Crippen molar-refractivity contribution < 1.29 is 28.6 Å². The van der Waals surface area contributed by atoms with E-state index >= 15 is 0 Å².